The molecular formula is C21H26N2O4S. The van der Waals surface area contributed by atoms with Crippen LogP contribution in [0.15, 0.2) is 68.8 Å². The lowest BCUT2D eigenvalue weighted by molar-refractivity contribution is 0.0600. The molecule has 0 saturated carbocycles. The Bertz CT molecular complexity index is 953. The summed E-state index contributed by atoms with van der Waals surface area (Å²) in [6, 6.07) is 14.1. The number of methoxy groups -OCH3 is 1. The number of rotatable bonds is 5. The number of carbonyl (C=O) groups excluding carboxylic acids is 2. The van der Waals surface area contributed by atoms with E-state index < -0.39 is 21.7 Å². The van der Waals surface area contributed by atoms with Gasteiger partial charge in [-0.1, -0.05) is 24.3 Å². The topological polar surface area (TPSA) is 76.0 Å². The minimum absolute atomic E-state index is 0.0999. The van der Waals surface area contributed by atoms with Crippen molar-refractivity contribution in [1.82, 2.24) is 4.90 Å². The number of hydrogen-bond acceptors (Lipinski definition) is 4. The van der Waals surface area contributed by atoms with Crippen molar-refractivity contribution in [3.8, 4) is 0 Å². The number of benzene rings is 2. The summed E-state index contributed by atoms with van der Waals surface area (Å²) in [6.45, 7) is 7.54. The molecule has 7 heteroatoms. The van der Waals surface area contributed by atoms with Gasteiger partial charge in [-0.25, -0.2) is 13.8 Å². The van der Waals surface area contributed by atoms with E-state index in [4.69, 9.17) is 4.74 Å². The number of amides is 2. The quantitative estimate of drug-likeness (QED) is 0.685. The van der Waals surface area contributed by atoms with Crippen molar-refractivity contribution in [2.75, 3.05) is 7.11 Å². The molecule has 2 rings (SSSR count). The van der Waals surface area contributed by atoms with Crippen LogP contribution in [0.5, 0.6) is 0 Å². The average Bonchev–Trinajstić information content (AvgIpc) is 2.67. The molecule has 0 aliphatic heterocycles. The minimum Gasteiger partial charge on any atom is -0.465 e. The number of carbonyl (C=O) groups is 2. The van der Waals surface area contributed by atoms with Crippen LogP contribution in [0, 0.1) is 0 Å². The summed E-state index contributed by atoms with van der Waals surface area (Å²) in [4.78, 5) is 27.1. The Morgan fingerprint density at radius 3 is 2.04 bits per heavy atom. The van der Waals surface area contributed by atoms with Crippen molar-refractivity contribution in [1.29, 1.82) is 0 Å². The van der Waals surface area contributed by atoms with Crippen LogP contribution < -0.4 is 0 Å². The lowest BCUT2D eigenvalue weighted by Crippen LogP contribution is -2.40. The highest BCUT2D eigenvalue weighted by Crippen LogP contribution is 2.26. The molecule has 0 aliphatic rings. The van der Waals surface area contributed by atoms with Crippen LogP contribution in [0.4, 0.5) is 4.79 Å². The van der Waals surface area contributed by atoms with Gasteiger partial charge in [-0.3, -0.25) is 0 Å². The van der Waals surface area contributed by atoms with Gasteiger partial charge in [-0.2, -0.15) is 0 Å². The first-order valence-electron chi connectivity index (χ1n) is 9.03. The van der Waals surface area contributed by atoms with Gasteiger partial charge in [0.2, 0.25) is 0 Å². The molecule has 6 nitrogen and oxygen atoms in total. The van der Waals surface area contributed by atoms with E-state index in [2.05, 4.69) is 4.36 Å². The second-order valence-corrected chi connectivity index (χ2v) is 9.00. The fourth-order valence-electron chi connectivity index (χ4n) is 2.95. The second kappa shape index (κ2) is 9.01. The molecule has 0 heterocycles. The zero-order valence-corrected chi connectivity index (χ0v) is 17.6. The fraction of sp³-hybridized carbons (Fsp3) is 0.333. The molecule has 0 N–H and O–H groups in total. The lowest BCUT2D eigenvalue weighted by atomic mass is 10.2. The largest absolute Gasteiger partial charge is 0.465 e. The van der Waals surface area contributed by atoms with Gasteiger partial charge in [0, 0.05) is 12.1 Å². The van der Waals surface area contributed by atoms with Gasteiger partial charge >= 0.3 is 12.0 Å². The second-order valence-electron chi connectivity index (χ2n) is 6.83. The highest BCUT2D eigenvalue weighted by Gasteiger charge is 2.25. The third kappa shape index (κ3) is 4.59. The van der Waals surface area contributed by atoms with E-state index in [1.54, 1.807) is 53.4 Å². The number of hydrogen-bond donors (Lipinski definition) is 0. The normalized spacial score (nSPS) is 13.1. The van der Waals surface area contributed by atoms with Crippen molar-refractivity contribution < 1.29 is 18.5 Å². The Kier molecular flexibility index (Phi) is 6.96. The first-order chi connectivity index (χ1) is 13.2. The zero-order valence-electron chi connectivity index (χ0n) is 16.8. The molecule has 0 aliphatic carbocycles. The molecule has 0 fully saturated rings. The van der Waals surface area contributed by atoms with Crippen molar-refractivity contribution in [2.45, 2.75) is 49.6 Å². The van der Waals surface area contributed by atoms with Crippen LogP contribution in [-0.4, -0.2) is 40.3 Å². The summed E-state index contributed by atoms with van der Waals surface area (Å²) in [6.07, 6.45) is 0. The molecule has 2 aromatic carbocycles. The first kappa shape index (κ1) is 21.6. The third-order valence-electron chi connectivity index (χ3n) is 4.18. The van der Waals surface area contributed by atoms with E-state index in [9.17, 15) is 13.8 Å². The van der Waals surface area contributed by atoms with Crippen LogP contribution >= 0.6 is 0 Å². The maximum atomic E-state index is 14.0. The summed E-state index contributed by atoms with van der Waals surface area (Å²) in [7, 11) is -2.02. The average molecular weight is 403 g/mol. The summed E-state index contributed by atoms with van der Waals surface area (Å²) in [5, 5.41) is 0. The molecule has 1 atom stereocenters. The smallest absolute Gasteiger partial charge is 0.352 e. The van der Waals surface area contributed by atoms with Crippen LogP contribution in [0.3, 0.4) is 0 Å². The zero-order chi connectivity index (χ0) is 20.9. The van der Waals surface area contributed by atoms with Crippen molar-refractivity contribution in [3.63, 3.8) is 0 Å². The van der Waals surface area contributed by atoms with Gasteiger partial charge in [-0.15, -0.1) is 4.36 Å². The van der Waals surface area contributed by atoms with Crippen molar-refractivity contribution in [3.05, 3.63) is 60.2 Å². The highest BCUT2D eigenvalue weighted by molar-refractivity contribution is 7.94. The molecule has 0 spiro atoms. The standard InChI is InChI=1S/C21H26N2O4S/c1-15(2)23(16(3)4)21(25)22-28(26,18-11-7-6-8-12-18)19-13-9-10-17(14-19)20(24)27-5/h6-16H,1-5H3/t28-/m1/s1. The SMILES string of the molecule is COC(=O)c1cccc([S@@](=O)(=NC(=O)N(C(C)C)C(C)C)c2ccccc2)c1. The molecule has 0 aromatic heterocycles. The predicted octanol–water partition coefficient (Wildman–Crippen LogP) is 4.60. The lowest BCUT2D eigenvalue weighted by Gasteiger charge is -2.29. The Labute approximate surface area is 166 Å². The summed E-state index contributed by atoms with van der Waals surface area (Å²) in [5.41, 5.74) is 0.246. The van der Waals surface area contributed by atoms with E-state index in [1.807, 2.05) is 27.7 Å². The van der Waals surface area contributed by atoms with Crippen LogP contribution in [0.1, 0.15) is 38.1 Å². The summed E-state index contributed by atoms with van der Waals surface area (Å²) < 4.78 is 23.0. The number of ether oxygens (including phenoxy) is 1. The number of esters is 1. The highest BCUT2D eigenvalue weighted by atomic mass is 32.2. The Balaban J connectivity index is 2.72. The van der Waals surface area contributed by atoms with Gasteiger partial charge in [0.05, 0.1) is 22.5 Å². The van der Waals surface area contributed by atoms with E-state index in [1.165, 1.54) is 13.2 Å². The van der Waals surface area contributed by atoms with Gasteiger partial charge in [-0.05, 0) is 58.0 Å². The molecule has 0 bridgehead atoms. The van der Waals surface area contributed by atoms with Crippen molar-refractivity contribution in [2.24, 2.45) is 4.36 Å². The third-order valence-corrected chi connectivity index (χ3v) is 6.39. The molecule has 150 valence electrons. The monoisotopic (exact) mass is 402 g/mol. The van der Waals surface area contributed by atoms with Crippen LogP contribution in [0.2, 0.25) is 0 Å². The molecule has 2 amide bonds. The van der Waals surface area contributed by atoms with Gasteiger partial charge in [0.25, 0.3) is 0 Å². The fourth-order valence-corrected chi connectivity index (χ4v) is 4.83. The summed E-state index contributed by atoms with van der Waals surface area (Å²) >= 11 is 0. The molecule has 28 heavy (non-hydrogen) atoms. The van der Waals surface area contributed by atoms with Crippen LogP contribution in [0.25, 0.3) is 0 Å². The molecule has 2 aromatic rings. The molecule has 0 radical (unpaired) electrons. The number of nitrogens with zero attached hydrogens (tertiary/aromatic N) is 2. The van der Waals surface area contributed by atoms with Gasteiger partial charge in [0.15, 0.2) is 0 Å². The van der Waals surface area contributed by atoms with Crippen LogP contribution in [-0.2, 0) is 14.5 Å². The maximum Gasteiger partial charge on any atom is 0.352 e. The Hall–Kier alpha value is -2.67. The van der Waals surface area contributed by atoms with Gasteiger partial charge in [0.1, 0.15) is 9.73 Å². The Morgan fingerprint density at radius 1 is 0.929 bits per heavy atom. The van der Waals surface area contributed by atoms with E-state index >= 15 is 0 Å². The summed E-state index contributed by atoms with van der Waals surface area (Å²) in [5.74, 6) is -0.547. The molecule has 0 saturated heterocycles. The van der Waals surface area contributed by atoms with Crippen molar-refractivity contribution >= 4 is 21.7 Å². The number of urea groups is 1. The van der Waals surface area contributed by atoms with E-state index in [-0.39, 0.29) is 22.5 Å². The predicted molar refractivity (Wildman–Crippen MR) is 109 cm³/mol. The van der Waals surface area contributed by atoms with E-state index in [0.29, 0.717) is 4.90 Å². The molecule has 0 unspecified atom stereocenters. The van der Waals surface area contributed by atoms with Gasteiger partial charge < -0.3 is 9.64 Å². The first-order valence-corrected chi connectivity index (χ1v) is 10.5. The maximum absolute atomic E-state index is 14.0. The molecular weight excluding hydrogens is 376 g/mol. The Morgan fingerprint density at radius 2 is 1.50 bits per heavy atom. The van der Waals surface area contributed by atoms with E-state index in [0.717, 1.165) is 0 Å². The minimum atomic E-state index is -3.30.